The van der Waals surface area contributed by atoms with Crippen LogP contribution in [0.25, 0.3) is 0 Å². The van der Waals surface area contributed by atoms with Crippen LogP contribution in [-0.2, 0) is 14.3 Å². The number of aliphatic hydroxyl groups excluding tert-OH is 1. The van der Waals surface area contributed by atoms with Crippen molar-refractivity contribution in [1.82, 2.24) is 0 Å². The van der Waals surface area contributed by atoms with Crippen LogP contribution in [0.2, 0.25) is 0 Å². The summed E-state index contributed by atoms with van der Waals surface area (Å²) in [6.45, 7) is 2.30. The van der Waals surface area contributed by atoms with Gasteiger partial charge in [-0.2, -0.15) is 0 Å². The standard InChI is InChI=1S/C14H14O7/c1-2-9(15)7-20-12(16)8-21-14(19)11-6-4-3-5-10(11)13(17)18/h2-6,12,16H,1,7-8H2,(H,17,18). The molecule has 7 heteroatoms. The van der Waals surface area contributed by atoms with Gasteiger partial charge >= 0.3 is 11.9 Å². The summed E-state index contributed by atoms with van der Waals surface area (Å²) in [5.74, 6) is -2.61. The Morgan fingerprint density at radius 1 is 1.24 bits per heavy atom. The molecule has 0 saturated carbocycles. The highest BCUT2D eigenvalue weighted by atomic mass is 16.6. The Balaban J connectivity index is 2.56. The molecule has 1 unspecified atom stereocenters. The first-order valence-corrected chi connectivity index (χ1v) is 5.90. The van der Waals surface area contributed by atoms with Gasteiger partial charge in [0.2, 0.25) is 0 Å². The molecule has 0 bridgehead atoms. The first-order chi connectivity index (χ1) is 9.95. The Bertz CT molecular complexity index is 550. The summed E-state index contributed by atoms with van der Waals surface area (Å²) in [6.07, 6.45) is -0.461. The summed E-state index contributed by atoms with van der Waals surface area (Å²) in [7, 11) is 0. The molecule has 7 nitrogen and oxygen atoms in total. The van der Waals surface area contributed by atoms with Gasteiger partial charge < -0.3 is 19.7 Å². The number of aliphatic hydroxyl groups is 1. The zero-order valence-electron chi connectivity index (χ0n) is 11.0. The molecule has 1 rings (SSSR count). The zero-order chi connectivity index (χ0) is 15.8. The minimum absolute atomic E-state index is 0.139. The Morgan fingerprint density at radius 3 is 2.43 bits per heavy atom. The van der Waals surface area contributed by atoms with E-state index in [-0.39, 0.29) is 11.1 Å². The Morgan fingerprint density at radius 2 is 1.86 bits per heavy atom. The molecule has 1 aromatic rings. The second-order valence-corrected chi connectivity index (χ2v) is 3.89. The minimum Gasteiger partial charge on any atom is -0.478 e. The van der Waals surface area contributed by atoms with E-state index in [1.165, 1.54) is 24.3 Å². The third-order valence-corrected chi connectivity index (χ3v) is 2.38. The first kappa shape index (κ1) is 16.5. The maximum atomic E-state index is 11.7. The number of benzene rings is 1. The minimum atomic E-state index is -1.49. The molecule has 0 amide bonds. The molecule has 0 aromatic heterocycles. The van der Waals surface area contributed by atoms with Crippen LogP contribution in [0.3, 0.4) is 0 Å². The predicted octanol–water partition coefficient (Wildman–Crippen LogP) is 0.632. The molecular weight excluding hydrogens is 280 g/mol. The number of carboxylic acid groups (broad SMARTS) is 1. The Hall–Kier alpha value is -2.51. The number of ketones is 1. The quantitative estimate of drug-likeness (QED) is 0.411. The van der Waals surface area contributed by atoms with E-state index in [1.807, 2.05) is 0 Å². The molecule has 0 aliphatic heterocycles. The van der Waals surface area contributed by atoms with Crippen molar-refractivity contribution in [1.29, 1.82) is 0 Å². The van der Waals surface area contributed by atoms with Gasteiger partial charge in [-0.05, 0) is 18.2 Å². The molecule has 21 heavy (non-hydrogen) atoms. The van der Waals surface area contributed by atoms with Crippen LogP contribution in [0.4, 0.5) is 0 Å². The average molecular weight is 294 g/mol. The monoisotopic (exact) mass is 294 g/mol. The highest BCUT2D eigenvalue weighted by Gasteiger charge is 2.18. The Labute approximate surface area is 120 Å². The largest absolute Gasteiger partial charge is 0.478 e. The lowest BCUT2D eigenvalue weighted by atomic mass is 10.1. The van der Waals surface area contributed by atoms with Crippen molar-refractivity contribution in [3.63, 3.8) is 0 Å². The fraction of sp³-hybridized carbons (Fsp3) is 0.214. The third kappa shape index (κ3) is 5.17. The summed E-state index contributed by atoms with van der Waals surface area (Å²) in [6, 6.07) is 5.51. The Kier molecular flexibility index (Phi) is 6.25. The van der Waals surface area contributed by atoms with Gasteiger partial charge in [0.05, 0.1) is 11.1 Å². The lowest BCUT2D eigenvalue weighted by molar-refractivity contribution is -0.144. The molecule has 112 valence electrons. The van der Waals surface area contributed by atoms with Crippen molar-refractivity contribution in [2.75, 3.05) is 13.2 Å². The molecule has 0 fully saturated rings. The van der Waals surface area contributed by atoms with Gasteiger partial charge in [-0.3, -0.25) is 4.79 Å². The highest BCUT2D eigenvalue weighted by molar-refractivity contribution is 6.02. The number of hydrogen-bond acceptors (Lipinski definition) is 6. The van der Waals surface area contributed by atoms with E-state index in [0.717, 1.165) is 6.08 Å². The second kappa shape index (κ2) is 7.93. The molecule has 1 atom stereocenters. The van der Waals surface area contributed by atoms with Gasteiger partial charge in [0.1, 0.15) is 13.2 Å². The molecule has 0 heterocycles. The SMILES string of the molecule is C=CC(=O)COC(O)COC(=O)c1ccccc1C(=O)O. The zero-order valence-corrected chi connectivity index (χ0v) is 11.0. The second-order valence-electron chi connectivity index (χ2n) is 3.89. The average Bonchev–Trinajstić information content (AvgIpc) is 2.49. The molecule has 0 aliphatic rings. The predicted molar refractivity (Wildman–Crippen MR) is 70.8 cm³/mol. The van der Waals surface area contributed by atoms with E-state index in [4.69, 9.17) is 14.6 Å². The van der Waals surface area contributed by atoms with Crippen LogP contribution in [0.5, 0.6) is 0 Å². The summed E-state index contributed by atoms with van der Waals surface area (Å²) in [5.41, 5.74) is -0.348. The number of hydrogen-bond donors (Lipinski definition) is 2. The number of carbonyl (C=O) groups excluding carboxylic acids is 2. The first-order valence-electron chi connectivity index (χ1n) is 5.90. The maximum absolute atomic E-state index is 11.7. The molecule has 2 N–H and O–H groups in total. The molecule has 0 radical (unpaired) electrons. The van der Waals surface area contributed by atoms with Gasteiger partial charge in [-0.15, -0.1) is 0 Å². The number of rotatable bonds is 8. The van der Waals surface area contributed by atoms with Gasteiger partial charge in [-0.1, -0.05) is 18.7 Å². The summed E-state index contributed by atoms with van der Waals surface area (Å²) in [4.78, 5) is 33.5. The summed E-state index contributed by atoms with van der Waals surface area (Å²) < 4.78 is 9.43. The molecular formula is C14H14O7. The molecule has 0 spiro atoms. The van der Waals surface area contributed by atoms with Crippen molar-refractivity contribution >= 4 is 17.7 Å². The number of aromatic carboxylic acids is 1. The van der Waals surface area contributed by atoms with Crippen LogP contribution in [-0.4, -0.2) is 47.4 Å². The van der Waals surface area contributed by atoms with Crippen molar-refractivity contribution in [3.8, 4) is 0 Å². The topological polar surface area (TPSA) is 110 Å². The van der Waals surface area contributed by atoms with Crippen LogP contribution >= 0.6 is 0 Å². The molecule has 0 saturated heterocycles. The van der Waals surface area contributed by atoms with E-state index in [0.29, 0.717) is 0 Å². The van der Waals surface area contributed by atoms with E-state index in [2.05, 4.69) is 6.58 Å². The summed E-state index contributed by atoms with van der Waals surface area (Å²) in [5, 5.41) is 18.3. The van der Waals surface area contributed by atoms with E-state index in [1.54, 1.807) is 0 Å². The van der Waals surface area contributed by atoms with Crippen molar-refractivity contribution in [3.05, 3.63) is 48.0 Å². The number of esters is 1. The van der Waals surface area contributed by atoms with Crippen LogP contribution < -0.4 is 0 Å². The normalized spacial score (nSPS) is 11.5. The lowest BCUT2D eigenvalue weighted by Gasteiger charge is -2.12. The van der Waals surface area contributed by atoms with Crippen LogP contribution in [0.15, 0.2) is 36.9 Å². The number of carbonyl (C=O) groups is 3. The van der Waals surface area contributed by atoms with Crippen LogP contribution in [0.1, 0.15) is 20.7 Å². The maximum Gasteiger partial charge on any atom is 0.339 e. The smallest absolute Gasteiger partial charge is 0.339 e. The molecule has 0 aliphatic carbocycles. The van der Waals surface area contributed by atoms with Crippen LogP contribution in [0, 0.1) is 0 Å². The number of ether oxygens (including phenoxy) is 2. The van der Waals surface area contributed by atoms with Gasteiger partial charge in [0.25, 0.3) is 0 Å². The van der Waals surface area contributed by atoms with E-state index >= 15 is 0 Å². The van der Waals surface area contributed by atoms with Gasteiger partial charge in [0, 0.05) is 0 Å². The lowest BCUT2D eigenvalue weighted by Crippen LogP contribution is -2.24. The van der Waals surface area contributed by atoms with E-state index in [9.17, 15) is 19.5 Å². The molecule has 1 aromatic carbocycles. The number of carboxylic acids is 1. The third-order valence-electron chi connectivity index (χ3n) is 2.38. The fourth-order valence-electron chi connectivity index (χ4n) is 1.36. The van der Waals surface area contributed by atoms with Crippen molar-refractivity contribution in [2.45, 2.75) is 6.29 Å². The van der Waals surface area contributed by atoms with Crippen molar-refractivity contribution in [2.24, 2.45) is 0 Å². The van der Waals surface area contributed by atoms with E-state index < -0.39 is 37.2 Å². The highest BCUT2D eigenvalue weighted by Crippen LogP contribution is 2.10. The summed E-state index contributed by atoms with van der Waals surface area (Å²) >= 11 is 0. The van der Waals surface area contributed by atoms with Gasteiger partial charge in [-0.25, -0.2) is 9.59 Å². The van der Waals surface area contributed by atoms with Gasteiger partial charge in [0.15, 0.2) is 12.1 Å². The van der Waals surface area contributed by atoms with Crippen molar-refractivity contribution < 1.29 is 34.1 Å². The fourth-order valence-corrected chi connectivity index (χ4v) is 1.36.